The average molecular weight is 193 g/mol. The Morgan fingerprint density at radius 3 is 1.92 bits per heavy atom. The van der Waals surface area contributed by atoms with Crippen LogP contribution in [0.2, 0.25) is 0 Å². The second-order valence-electron chi connectivity index (χ2n) is 3.35. The molecule has 1 aliphatic heterocycles. The van der Waals surface area contributed by atoms with Crippen molar-refractivity contribution in [2.45, 2.75) is 31.7 Å². The summed E-state index contributed by atoms with van der Waals surface area (Å²) in [6.45, 7) is 3.19. The maximum atomic E-state index is 13.1. The minimum absolute atomic E-state index is 0.260. The molecule has 0 saturated carbocycles. The van der Waals surface area contributed by atoms with Gasteiger partial charge in [0.2, 0.25) is 0 Å². The van der Waals surface area contributed by atoms with E-state index < -0.39 is 11.9 Å². The Labute approximate surface area is 76.2 Å². The average Bonchev–Trinajstić information content (AvgIpc) is 2.31. The predicted octanol–water partition coefficient (Wildman–Crippen LogP) is 2.94. The lowest BCUT2D eigenvalue weighted by Crippen LogP contribution is -2.42. The van der Waals surface area contributed by atoms with Crippen LogP contribution in [0.25, 0.3) is 0 Å². The molecule has 0 spiro atoms. The number of halogens is 3. The lowest BCUT2D eigenvalue weighted by atomic mass is 10.2. The van der Waals surface area contributed by atoms with Crippen LogP contribution < -0.4 is 0 Å². The molecule has 0 bridgehead atoms. The highest BCUT2D eigenvalue weighted by molar-refractivity contribution is 4.97. The summed E-state index contributed by atoms with van der Waals surface area (Å²) < 4.78 is 38.5. The Morgan fingerprint density at radius 1 is 1.08 bits per heavy atom. The van der Waals surface area contributed by atoms with E-state index in [0.717, 1.165) is 17.7 Å². The van der Waals surface area contributed by atoms with Crippen LogP contribution in [-0.2, 0) is 0 Å². The predicted molar refractivity (Wildman–Crippen MR) is 45.2 cm³/mol. The van der Waals surface area contributed by atoms with Crippen LogP contribution >= 0.6 is 0 Å². The third kappa shape index (κ3) is 2.46. The molecule has 0 aliphatic carbocycles. The fourth-order valence-electron chi connectivity index (χ4n) is 1.52. The molecule has 0 atom stereocenters. The zero-order valence-corrected chi connectivity index (χ0v) is 7.53. The highest BCUT2D eigenvalue weighted by Crippen LogP contribution is 2.30. The van der Waals surface area contributed by atoms with E-state index in [1.807, 2.05) is 0 Å². The normalized spacial score (nSPS) is 21.2. The Balaban J connectivity index is 2.62. The molecule has 1 fully saturated rings. The van der Waals surface area contributed by atoms with Crippen molar-refractivity contribution in [1.29, 1.82) is 0 Å². The fraction of sp³-hybridized carbons (Fsp3) is 0.778. The lowest BCUT2D eigenvalue weighted by Gasteiger charge is -2.28. The summed E-state index contributed by atoms with van der Waals surface area (Å²) in [5.74, 6) is -1.55. The first-order chi connectivity index (χ1) is 6.05. The van der Waals surface area contributed by atoms with E-state index in [2.05, 4.69) is 6.58 Å². The number of alkyl halides is 2. The van der Waals surface area contributed by atoms with Gasteiger partial charge in [-0.05, 0) is 12.8 Å². The minimum Gasteiger partial charge on any atom is -0.238 e. The molecule has 1 heterocycles. The third-order valence-corrected chi connectivity index (χ3v) is 2.33. The molecular formula is C9H14F3N. The van der Waals surface area contributed by atoms with Crippen LogP contribution in [0.4, 0.5) is 13.2 Å². The minimum atomic E-state index is -3.47. The molecule has 0 N–H and O–H groups in total. The van der Waals surface area contributed by atoms with E-state index in [-0.39, 0.29) is 13.1 Å². The zero-order valence-electron chi connectivity index (χ0n) is 7.53. The highest BCUT2D eigenvalue weighted by Gasteiger charge is 2.40. The molecular weight excluding hydrogens is 179 g/mol. The zero-order chi connectivity index (χ0) is 9.90. The second kappa shape index (κ2) is 4.13. The molecule has 76 valence electrons. The van der Waals surface area contributed by atoms with Crippen LogP contribution in [0.5, 0.6) is 0 Å². The molecule has 13 heavy (non-hydrogen) atoms. The third-order valence-electron chi connectivity index (χ3n) is 2.33. The lowest BCUT2D eigenvalue weighted by molar-refractivity contribution is -0.126. The topological polar surface area (TPSA) is 3.24 Å². The second-order valence-corrected chi connectivity index (χ2v) is 3.35. The molecule has 1 aliphatic rings. The van der Waals surface area contributed by atoms with Gasteiger partial charge >= 0.3 is 6.05 Å². The number of hydrogen-bond acceptors (Lipinski definition) is 1. The maximum absolute atomic E-state index is 13.1. The Bertz CT molecular complexity index is 183. The Kier molecular flexibility index (Phi) is 3.36. The molecule has 0 unspecified atom stereocenters. The van der Waals surface area contributed by atoms with Gasteiger partial charge in [0.15, 0.2) is 5.83 Å². The van der Waals surface area contributed by atoms with Crippen molar-refractivity contribution >= 4 is 0 Å². The largest absolute Gasteiger partial charge is 0.357 e. The Hall–Kier alpha value is -0.510. The van der Waals surface area contributed by atoms with Gasteiger partial charge in [0.25, 0.3) is 0 Å². The van der Waals surface area contributed by atoms with E-state index in [0.29, 0.717) is 12.8 Å². The van der Waals surface area contributed by atoms with E-state index in [1.165, 1.54) is 0 Å². The van der Waals surface area contributed by atoms with Crippen LogP contribution in [0.3, 0.4) is 0 Å². The van der Waals surface area contributed by atoms with Crippen molar-refractivity contribution in [2.75, 3.05) is 13.1 Å². The quantitative estimate of drug-likeness (QED) is 0.609. The van der Waals surface area contributed by atoms with Gasteiger partial charge in [0.05, 0.1) is 0 Å². The highest BCUT2D eigenvalue weighted by atomic mass is 19.3. The molecule has 0 amide bonds. The Morgan fingerprint density at radius 2 is 1.54 bits per heavy atom. The molecule has 0 aromatic carbocycles. The summed E-state index contributed by atoms with van der Waals surface area (Å²) in [4.78, 5) is 0.877. The summed E-state index contributed by atoms with van der Waals surface area (Å²) in [5, 5.41) is 0. The van der Waals surface area contributed by atoms with Crippen molar-refractivity contribution in [3.05, 3.63) is 12.4 Å². The first kappa shape index (κ1) is 10.6. The van der Waals surface area contributed by atoms with Crippen molar-refractivity contribution in [3.8, 4) is 0 Å². The van der Waals surface area contributed by atoms with E-state index in [4.69, 9.17) is 0 Å². The summed E-state index contributed by atoms with van der Waals surface area (Å²) in [6, 6.07) is -3.47. The monoisotopic (exact) mass is 193 g/mol. The number of nitrogens with zero attached hydrogens (tertiary/aromatic N) is 1. The van der Waals surface area contributed by atoms with Gasteiger partial charge in [-0.25, -0.2) is 9.29 Å². The van der Waals surface area contributed by atoms with Crippen LogP contribution in [0.15, 0.2) is 12.4 Å². The van der Waals surface area contributed by atoms with Gasteiger partial charge in [-0.3, -0.25) is 0 Å². The van der Waals surface area contributed by atoms with Crippen molar-refractivity contribution < 1.29 is 13.2 Å². The van der Waals surface area contributed by atoms with Crippen molar-refractivity contribution in [2.24, 2.45) is 0 Å². The fourth-order valence-corrected chi connectivity index (χ4v) is 1.52. The van der Waals surface area contributed by atoms with Crippen molar-refractivity contribution in [1.82, 2.24) is 4.90 Å². The first-order valence-electron chi connectivity index (χ1n) is 4.53. The van der Waals surface area contributed by atoms with Crippen molar-refractivity contribution in [3.63, 3.8) is 0 Å². The van der Waals surface area contributed by atoms with Gasteiger partial charge in [0, 0.05) is 13.1 Å². The van der Waals surface area contributed by atoms with Gasteiger partial charge in [-0.15, -0.1) is 0 Å². The van der Waals surface area contributed by atoms with E-state index in [9.17, 15) is 13.2 Å². The van der Waals surface area contributed by atoms with Gasteiger partial charge in [-0.2, -0.15) is 8.78 Å². The summed E-state index contributed by atoms with van der Waals surface area (Å²) in [7, 11) is 0. The van der Waals surface area contributed by atoms with E-state index in [1.54, 1.807) is 0 Å². The number of hydrogen-bond donors (Lipinski definition) is 0. The number of rotatable bonds is 2. The van der Waals surface area contributed by atoms with Gasteiger partial charge in [0.1, 0.15) is 0 Å². The smallest absolute Gasteiger partial charge is 0.238 e. The molecule has 1 nitrogen and oxygen atoms in total. The SMILES string of the molecule is C=C(F)C(F)(F)N1CCCCCC1. The summed E-state index contributed by atoms with van der Waals surface area (Å²) in [5.41, 5.74) is 0. The maximum Gasteiger partial charge on any atom is 0.357 e. The standard InChI is InChI=1S/C9H14F3N/c1-8(10)9(11,12)13-6-4-2-3-5-7-13/h1-7H2. The number of likely N-dealkylation sites (tertiary alicyclic amines) is 1. The molecule has 0 aromatic heterocycles. The molecule has 1 saturated heterocycles. The molecule has 0 aromatic rings. The van der Waals surface area contributed by atoms with Crippen LogP contribution in [0, 0.1) is 0 Å². The van der Waals surface area contributed by atoms with Crippen LogP contribution in [-0.4, -0.2) is 24.0 Å². The van der Waals surface area contributed by atoms with Gasteiger partial charge < -0.3 is 0 Å². The first-order valence-corrected chi connectivity index (χ1v) is 4.53. The summed E-state index contributed by atoms with van der Waals surface area (Å²) >= 11 is 0. The molecule has 4 heteroatoms. The van der Waals surface area contributed by atoms with Gasteiger partial charge in [-0.1, -0.05) is 19.4 Å². The van der Waals surface area contributed by atoms with E-state index >= 15 is 0 Å². The molecule has 0 radical (unpaired) electrons. The van der Waals surface area contributed by atoms with Crippen LogP contribution in [0.1, 0.15) is 25.7 Å². The summed E-state index contributed by atoms with van der Waals surface area (Å²) in [6.07, 6.45) is 3.32. The molecule has 1 rings (SSSR count).